The van der Waals surface area contributed by atoms with Gasteiger partial charge in [-0.1, -0.05) is 23.8 Å². The third kappa shape index (κ3) is 1.15. The number of halogens is 1. The molecule has 3 heterocycles. The number of fused-ring (bicyclic) bond motifs is 3. The Bertz CT molecular complexity index is 623. The normalized spacial score (nSPS) is 14.5. The predicted octanol–water partition coefficient (Wildman–Crippen LogP) is 1.42. The van der Waals surface area contributed by atoms with Gasteiger partial charge in [-0.25, -0.2) is 9.67 Å². The van der Waals surface area contributed by atoms with Gasteiger partial charge in [-0.3, -0.25) is 9.48 Å². The lowest BCUT2D eigenvalue weighted by Crippen LogP contribution is -2.24. The van der Waals surface area contributed by atoms with Crippen molar-refractivity contribution in [2.24, 2.45) is 0 Å². The molecule has 4 nitrogen and oxygen atoms in total. The first-order valence-electron chi connectivity index (χ1n) is 4.68. The highest BCUT2D eigenvalue weighted by Gasteiger charge is 2.14. The molecule has 0 N–H and O–H groups in total. The van der Waals surface area contributed by atoms with Crippen molar-refractivity contribution in [3.63, 3.8) is 0 Å². The zero-order valence-electron chi connectivity index (χ0n) is 7.85. The number of pyridine rings is 1. The van der Waals surface area contributed by atoms with Crippen LogP contribution < -0.4 is 5.56 Å². The smallest absolute Gasteiger partial charge is 0.267 e. The average Bonchev–Trinajstić information content (AvgIpc) is 2.54. The maximum absolute atomic E-state index is 11.9. The van der Waals surface area contributed by atoms with Gasteiger partial charge >= 0.3 is 0 Å². The van der Waals surface area contributed by atoms with Gasteiger partial charge in [0.15, 0.2) is 5.65 Å². The summed E-state index contributed by atoms with van der Waals surface area (Å²) in [7, 11) is 0. The molecule has 0 saturated heterocycles. The first-order chi connectivity index (χ1) is 7.27. The number of allylic oxidation sites excluding steroid dienone is 2. The van der Waals surface area contributed by atoms with Gasteiger partial charge in [0.1, 0.15) is 5.15 Å². The molecule has 3 rings (SSSR count). The Morgan fingerprint density at radius 2 is 1.93 bits per heavy atom. The van der Waals surface area contributed by atoms with E-state index in [2.05, 4.69) is 4.98 Å². The average molecular weight is 222 g/mol. The quantitative estimate of drug-likeness (QED) is 0.499. The van der Waals surface area contributed by atoms with E-state index in [0.29, 0.717) is 29.3 Å². The van der Waals surface area contributed by atoms with Crippen LogP contribution in [0.1, 0.15) is 0 Å². The second kappa shape index (κ2) is 2.97. The number of aromatic nitrogens is 3. The van der Waals surface area contributed by atoms with E-state index < -0.39 is 0 Å². The molecule has 0 fully saturated rings. The van der Waals surface area contributed by atoms with Crippen molar-refractivity contribution in [2.45, 2.75) is 13.1 Å². The Hall–Kier alpha value is -1.55. The monoisotopic (exact) mass is 221 g/mol. The summed E-state index contributed by atoms with van der Waals surface area (Å²) in [6.45, 7) is 1.28. The van der Waals surface area contributed by atoms with Gasteiger partial charge in [-0.15, -0.1) is 0 Å². The molecular formula is C10H8ClN3O. The Morgan fingerprint density at radius 3 is 2.73 bits per heavy atom. The Kier molecular flexibility index (Phi) is 1.73. The van der Waals surface area contributed by atoms with Gasteiger partial charge in [0.05, 0.1) is 18.5 Å². The highest BCUT2D eigenvalue weighted by Crippen LogP contribution is 2.14. The molecule has 1 aliphatic heterocycles. The van der Waals surface area contributed by atoms with Crippen LogP contribution in [0.15, 0.2) is 29.1 Å². The van der Waals surface area contributed by atoms with Crippen molar-refractivity contribution in [1.82, 2.24) is 14.3 Å². The van der Waals surface area contributed by atoms with E-state index in [0.717, 1.165) is 0 Å². The topological polar surface area (TPSA) is 39.8 Å². The standard InChI is InChI=1S/C10H8ClN3O/c11-8-4-3-7-9(12-8)13-5-1-2-6-14(13)10(7)15/h1-4H,5-6H2. The van der Waals surface area contributed by atoms with Crippen LogP contribution in [0.5, 0.6) is 0 Å². The summed E-state index contributed by atoms with van der Waals surface area (Å²) in [5.41, 5.74) is 0.662. The molecule has 0 spiro atoms. The molecule has 0 amide bonds. The lowest BCUT2D eigenvalue weighted by molar-refractivity contribution is 0.504. The molecule has 2 aromatic heterocycles. The first-order valence-corrected chi connectivity index (χ1v) is 5.06. The minimum atomic E-state index is -0.00137. The summed E-state index contributed by atoms with van der Waals surface area (Å²) in [5.74, 6) is 0. The summed E-state index contributed by atoms with van der Waals surface area (Å²) in [6.07, 6.45) is 3.99. The highest BCUT2D eigenvalue weighted by atomic mass is 35.5. The predicted molar refractivity (Wildman–Crippen MR) is 58.1 cm³/mol. The van der Waals surface area contributed by atoms with E-state index in [-0.39, 0.29) is 5.56 Å². The van der Waals surface area contributed by atoms with Crippen molar-refractivity contribution in [2.75, 3.05) is 0 Å². The molecule has 76 valence electrons. The van der Waals surface area contributed by atoms with Crippen molar-refractivity contribution in [3.8, 4) is 0 Å². The molecule has 0 saturated carbocycles. The van der Waals surface area contributed by atoms with E-state index in [1.54, 1.807) is 16.8 Å². The zero-order valence-corrected chi connectivity index (χ0v) is 8.61. The molecule has 0 atom stereocenters. The molecule has 0 unspecified atom stereocenters. The van der Waals surface area contributed by atoms with Crippen LogP contribution in [0.25, 0.3) is 11.0 Å². The third-order valence-corrected chi connectivity index (χ3v) is 2.78. The van der Waals surface area contributed by atoms with Crippen molar-refractivity contribution >= 4 is 22.6 Å². The minimum absolute atomic E-state index is 0.00137. The lowest BCUT2D eigenvalue weighted by atomic mass is 10.3. The van der Waals surface area contributed by atoms with Crippen molar-refractivity contribution in [1.29, 1.82) is 0 Å². The molecular weight excluding hydrogens is 214 g/mol. The van der Waals surface area contributed by atoms with Crippen molar-refractivity contribution < 1.29 is 0 Å². The minimum Gasteiger partial charge on any atom is -0.267 e. The maximum atomic E-state index is 11.9. The van der Waals surface area contributed by atoms with Gasteiger partial charge in [0.2, 0.25) is 0 Å². The van der Waals surface area contributed by atoms with Crippen molar-refractivity contribution in [3.05, 3.63) is 39.8 Å². The Balaban J connectivity index is 2.47. The molecule has 0 aromatic carbocycles. The SMILES string of the molecule is O=c1c2ccc(Cl)nc2n2n1CC=CC2. The summed E-state index contributed by atoms with van der Waals surface area (Å²) in [5, 5.41) is 1.04. The Labute approximate surface area is 90.4 Å². The number of rotatable bonds is 0. The molecule has 15 heavy (non-hydrogen) atoms. The fraction of sp³-hybridized carbons (Fsp3) is 0.200. The zero-order chi connectivity index (χ0) is 10.4. The number of hydrogen-bond acceptors (Lipinski definition) is 2. The lowest BCUT2D eigenvalue weighted by Gasteiger charge is -2.11. The van der Waals surface area contributed by atoms with E-state index in [4.69, 9.17) is 11.6 Å². The second-order valence-corrected chi connectivity index (χ2v) is 3.83. The number of nitrogens with zero attached hydrogens (tertiary/aromatic N) is 3. The fourth-order valence-corrected chi connectivity index (χ4v) is 2.01. The van der Waals surface area contributed by atoms with E-state index >= 15 is 0 Å². The first kappa shape index (κ1) is 8.73. The van der Waals surface area contributed by atoms with Crippen LogP contribution in [-0.2, 0) is 13.1 Å². The van der Waals surface area contributed by atoms with Gasteiger partial charge in [-0.05, 0) is 12.1 Å². The molecule has 0 radical (unpaired) electrons. The summed E-state index contributed by atoms with van der Waals surface area (Å²) >= 11 is 5.82. The molecule has 0 aliphatic carbocycles. The van der Waals surface area contributed by atoms with Crippen LogP contribution in [0.3, 0.4) is 0 Å². The third-order valence-electron chi connectivity index (χ3n) is 2.57. The van der Waals surface area contributed by atoms with Gasteiger partial charge in [0, 0.05) is 0 Å². The van der Waals surface area contributed by atoms with Crippen LogP contribution in [0.2, 0.25) is 5.15 Å². The molecule has 5 heteroatoms. The molecule has 2 aromatic rings. The van der Waals surface area contributed by atoms with E-state index in [1.807, 2.05) is 16.8 Å². The fourth-order valence-electron chi connectivity index (χ4n) is 1.87. The number of hydrogen-bond donors (Lipinski definition) is 0. The molecule has 1 aliphatic rings. The summed E-state index contributed by atoms with van der Waals surface area (Å²) in [4.78, 5) is 16.1. The maximum Gasteiger partial charge on any atom is 0.276 e. The van der Waals surface area contributed by atoms with Gasteiger partial charge in [-0.2, -0.15) is 0 Å². The summed E-state index contributed by atoms with van der Waals surface area (Å²) in [6, 6.07) is 3.37. The van der Waals surface area contributed by atoms with E-state index in [9.17, 15) is 4.79 Å². The van der Waals surface area contributed by atoms with Crippen LogP contribution >= 0.6 is 11.6 Å². The van der Waals surface area contributed by atoms with Gasteiger partial charge in [0.25, 0.3) is 5.56 Å². The van der Waals surface area contributed by atoms with Gasteiger partial charge < -0.3 is 0 Å². The van der Waals surface area contributed by atoms with Crippen LogP contribution in [0.4, 0.5) is 0 Å². The van der Waals surface area contributed by atoms with E-state index in [1.165, 1.54) is 0 Å². The van der Waals surface area contributed by atoms with Crippen LogP contribution in [0, 0.1) is 0 Å². The largest absolute Gasteiger partial charge is 0.276 e. The Morgan fingerprint density at radius 1 is 1.20 bits per heavy atom. The second-order valence-electron chi connectivity index (χ2n) is 3.45. The summed E-state index contributed by atoms with van der Waals surface area (Å²) < 4.78 is 3.53. The highest BCUT2D eigenvalue weighted by molar-refractivity contribution is 6.29. The van der Waals surface area contributed by atoms with Crippen LogP contribution in [-0.4, -0.2) is 14.3 Å². The molecule has 0 bridgehead atoms.